The summed E-state index contributed by atoms with van der Waals surface area (Å²) in [5.74, 6) is -2.10. The second-order valence-electron chi connectivity index (χ2n) is 4.23. The minimum Gasteiger partial charge on any atom is -0.481 e. The van der Waals surface area contributed by atoms with Crippen molar-refractivity contribution in [3.05, 3.63) is 29.7 Å². The number of oxazole rings is 1. The van der Waals surface area contributed by atoms with Crippen LogP contribution in [0.1, 0.15) is 17.9 Å². The number of nitrogens with zero attached hydrogens (tertiary/aromatic N) is 1. The van der Waals surface area contributed by atoms with E-state index in [4.69, 9.17) is 15.3 Å². The summed E-state index contributed by atoms with van der Waals surface area (Å²) in [6.07, 6.45) is -0.547. The van der Waals surface area contributed by atoms with Gasteiger partial charge in [-0.15, -0.1) is 0 Å². The van der Waals surface area contributed by atoms with Crippen molar-refractivity contribution in [2.75, 3.05) is 0 Å². The van der Waals surface area contributed by atoms with Gasteiger partial charge in [0.05, 0.1) is 6.42 Å². The molecule has 0 saturated heterocycles. The largest absolute Gasteiger partial charge is 0.481 e. The molecule has 6 nitrogen and oxygen atoms in total. The van der Waals surface area contributed by atoms with Crippen molar-refractivity contribution in [2.24, 2.45) is 5.73 Å². The molecule has 0 fully saturated rings. The number of hydrogen-bond acceptors (Lipinski definition) is 4. The lowest BCUT2D eigenvalue weighted by Gasteiger charge is -2.17. The van der Waals surface area contributed by atoms with Crippen molar-refractivity contribution in [1.82, 2.24) is 4.98 Å². The number of carbonyl (C=O) groups excluding carboxylic acids is 1. The van der Waals surface area contributed by atoms with Crippen LogP contribution in [-0.4, -0.2) is 22.0 Å². The first-order valence-corrected chi connectivity index (χ1v) is 6.20. The number of carboxylic acid groups (broad SMARTS) is 1. The number of fused-ring (bicyclic) bond motifs is 1. The Morgan fingerprint density at radius 3 is 2.79 bits per heavy atom. The molecule has 1 aromatic heterocycles. The molecule has 1 aromatic carbocycles. The standard InChI is InChI=1S/C12H11BrN2O4/c1-6-2-3-8-7(4-6)15-11(19-8)12(13,10(14)18)5-9(16)17/h2-4H,5H2,1H3,(H2,14,18)(H,16,17). The molecule has 0 aliphatic rings. The molecule has 100 valence electrons. The number of carbonyl (C=O) groups is 2. The number of aryl methyl sites for hydroxylation is 1. The molecule has 0 aliphatic carbocycles. The molecule has 0 radical (unpaired) electrons. The summed E-state index contributed by atoms with van der Waals surface area (Å²) in [5.41, 5.74) is 7.25. The highest BCUT2D eigenvalue weighted by molar-refractivity contribution is 9.10. The number of amides is 1. The Kier molecular flexibility index (Phi) is 3.32. The Bertz CT molecular complexity index is 667. The summed E-state index contributed by atoms with van der Waals surface area (Å²) in [6, 6.07) is 5.31. The molecule has 1 atom stereocenters. The summed E-state index contributed by atoms with van der Waals surface area (Å²) in [6.45, 7) is 1.89. The minimum absolute atomic E-state index is 0.0528. The SMILES string of the molecule is Cc1ccc2oc(C(Br)(CC(=O)O)C(N)=O)nc2c1. The van der Waals surface area contributed by atoms with Crippen molar-refractivity contribution in [2.45, 2.75) is 17.7 Å². The monoisotopic (exact) mass is 326 g/mol. The number of aromatic nitrogens is 1. The molecule has 0 saturated carbocycles. The lowest BCUT2D eigenvalue weighted by atomic mass is 10.1. The van der Waals surface area contributed by atoms with Gasteiger partial charge in [-0.2, -0.15) is 0 Å². The van der Waals surface area contributed by atoms with E-state index in [2.05, 4.69) is 20.9 Å². The van der Waals surface area contributed by atoms with Crippen LogP contribution >= 0.6 is 15.9 Å². The van der Waals surface area contributed by atoms with Crippen LogP contribution in [0.5, 0.6) is 0 Å². The molecule has 19 heavy (non-hydrogen) atoms. The van der Waals surface area contributed by atoms with E-state index in [1.807, 2.05) is 13.0 Å². The molecule has 2 aromatic rings. The molecule has 7 heteroatoms. The zero-order chi connectivity index (χ0) is 14.2. The van der Waals surface area contributed by atoms with Crippen LogP contribution in [0.2, 0.25) is 0 Å². The Morgan fingerprint density at radius 1 is 1.53 bits per heavy atom. The maximum absolute atomic E-state index is 11.5. The molecule has 0 aliphatic heterocycles. The third kappa shape index (κ3) is 2.46. The van der Waals surface area contributed by atoms with Crippen LogP contribution in [0.3, 0.4) is 0 Å². The molecular weight excluding hydrogens is 316 g/mol. The van der Waals surface area contributed by atoms with E-state index in [1.165, 1.54) is 0 Å². The van der Waals surface area contributed by atoms with E-state index in [0.717, 1.165) is 5.56 Å². The van der Waals surface area contributed by atoms with Gasteiger partial charge in [0.1, 0.15) is 5.52 Å². The van der Waals surface area contributed by atoms with Crippen LogP contribution in [0, 0.1) is 6.92 Å². The minimum atomic E-state index is -1.65. The maximum Gasteiger partial charge on any atom is 0.305 e. The van der Waals surface area contributed by atoms with E-state index in [-0.39, 0.29) is 5.89 Å². The van der Waals surface area contributed by atoms with Gasteiger partial charge in [-0.25, -0.2) is 4.98 Å². The third-order valence-electron chi connectivity index (χ3n) is 2.67. The first-order valence-electron chi connectivity index (χ1n) is 5.41. The van der Waals surface area contributed by atoms with E-state index in [9.17, 15) is 9.59 Å². The molecule has 1 heterocycles. The average molecular weight is 327 g/mol. The second kappa shape index (κ2) is 4.65. The van der Waals surface area contributed by atoms with Crippen LogP contribution in [-0.2, 0) is 13.9 Å². The summed E-state index contributed by atoms with van der Waals surface area (Å²) < 4.78 is 3.78. The number of aliphatic carboxylic acids is 1. The fourth-order valence-corrected chi connectivity index (χ4v) is 2.09. The molecule has 1 unspecified atom stereocenters. The number of rotatable bonds is 4. The van der Waals surface area contributed by atoms with E-state index >= 15 is 0 Å². The topological polar surface area (TPSA) is 106 Å². The highest BCUT2D eigenvalue weighted by Gasteiger charge is 2.43. The fourth-order valence-electron chi connectivity index (χ4n) is 1.68. The lowest BCUT2D eigenvalue weighted by Crippen LogP contribution is -2.38. The maximum atomic E-state index is 11.5. The molecule has 1 amide bonds. The zero-order valence-corrected chi connectivity index (χ0v) is 11.6. The van der Waals surface area contributed by atoms with Gasteiger partial charge in [-0.3, -0.25) is 9.59 Å². The van der Waals surface area contributed by atoms with Gasteiger partial charge in [0, 0.05) is 0 Å². The van der Waals surface area contributed by atoms with Gasteiger partial charge in [0.25, 0.3) is 0 Å². The summed E-state index contributed by atoms with van der Waals surface area (Å²) in [5, 5.41) is 8.87. The number of primary amides is 1. The molecular formula is C12H11BrN2O4. The Balaban J connectivity index is 2.56. The number of nitrogens with two attached hydrogens (primary N) is 1. The van der Waals surface area contributed by atoms with Crippen LogP contribution in [0.4, 0.5) is 0 Å². The van der Waals surface area contributed by atoms with Gasteiger partial charge < -0.3 is 15.3 Å². The van der Waals surface area contributed by atoms with Crippen LogP contribution < -0.4 is 5.73 Å². The van der Waals surface area contributed by atoms with Gasteiger partial charge in [0.15, 0.2) is 9.91 Å². The van der Waals surface area contributed by atoms with Crippen LogP contribution in [0.25, 0.3) is 11.1 Å². The number of halogens is 1. The average Bonchev–Trinajstić information content (AvgIpc) is 2.70. The van der Waals surface area contributed by atoms with Gasteiger partial charge >= 0.3 is 5.97 Å². The molecule has 0 spiro atoms. The normalized spacial score (nSPS) is 14.2. The predicted molar refractivity (Wildman–Crippen MR) is 70.8 cm³/mol. The smallest absolute Gasteiger partial charge is 0.305 e. The summed E-state index contributed by atoms with van der Waals surface area (Å²) >= 11 is 3.04. The highest BCUT2D eigenvalue weighted by Crippen LogP contribution is 2.36. The van der Waals surface area contributed by atoms with E-state index < -0.39 is 22.6 Å². The Hall–Kier alpha value is -1.89. The summed E-state index contributed by atoms with van der Waals surface area (Å²) in [4.78, 5) is 26.5. The quantitative estimate of drug-likeness (QED) is 0.831. The first-order chi connectivity index (χ1) is 8.83. The highest BCUT2D eigenvalue weighted by atomic mass is 79.9. The number of hydrogen-bond donors (Lipinski definition) is 2. The lowest BCUT2D eigenvalue weighted by molar-refractivity contribution is -0.140. The van der Waals surface area contributed by atoms with Crippen molar-refractivity contribution < 1.29 is 19.1 Å². The Labute approximate surface area is 116 Å². The van der Waals surface area contributed by atoms with Crippen molar-refractivity contribution in [1.29, 1.82) is 0 Å². The summed E-state index contributed by atoms with van der Waals surface area (Å²) in [7, 11) is 0. The zero-order valence-electron chi connectivity index (χ0n) is 10.0. The van der Waals surface area contributed by atoms with Gasteiger partial charge in [0.2, 0.25) is 11.8 Å². The van der Waals surface area contributed by atoms with E-state index in [1.54, 1.807) is 12.1 Å². The van der Waals surface area contributed by atoms with Crippen LogP contribution in [0.15, 0.2) is 22.6 Å². The number of carboxylic acids is 1. The molecule has 0 bridgehead atoms. The Morgan fingerprint density at radius 2 is 2.21 bits per heavy atom. The molecule has 3 N–H and O–H groups in total. The third-order valence-corrected chi connectivity index (χ3v) is 3.68. The van der Waals surface area contributed by atoms with Crippen molar-refractivity contribution >= 4 is 38.9 Å². The van der Waals surface area contributed by atoms with Crippen molar-refractivity contribution in [3.63, 3.8) is 0 Å². The van der Waals surface area contributed by atoms with Gasteiger partial charge in [-0.1, -0.05) is 22.0 Å². The molecule has 2 rings (SSSR count). The fraction of sp³-hybridized carbons (Fsp3) is 0.250. The first kappa shape index (κ1) is 13.5. The number of benzene rings is 1. The number of alkyl halides is 1. The van der Waals surface area contributed by atoms with E-state index in [0.29, 0.717) is 11.1 Å². The van der Waals surface area contributed by atoms with Crippen molar-refractivity contribution in [3.8, 4) is 0 Å². The van der Waals surface area contributed by atoms with Gasteiger partial charge in [-0.05, 0) is 24.6 Å². The predicted octanol–water partition coefficient (Wildman–Crippen LogP) is 1.69. The second-order valence-corrected chi connectivity index (χ2v) is 5.58.